The second-order valence-electron chi connectivity index (χ2n) is 11.1. The third-order valence-electron chi connectivity index (χ3n) is 8.01. The van der Waals surface area contributed by atoms with Crippen molar-refractivity contribution in [3.05, 3.63) is 131 Å². The van der Waals surface area contributed by atoms with E-state index >= 15 is 0 Å². The minimum Gasteiger partial charge on any atom is -0.308 e. The van der Waals surface area contributed by atoms with Crippen LogP contribution in [0.4, 0.5) is 0 Å². The Hall–Kier alpha value is -5.60. The lowest BCUT2D eigenvalue weighted by Gasteiger charge is -2.13. The number of nitrogens with zero attached hydrogens (tertiary/aromatic N) is 5. The molecule has 7 aromatic rings. The number of nitriles is 1. The maximum atomic E-state index is 10.3. The first kappa shape index (κ1) is 26.3. The summed E-state index contributed by atoms with van der Waals surface area (Å²) in [5.74, 6) is 1.92. The molecule has 0 aliphatic heterocycles. The molecular formula is C38H29N5. The number of hydrogen-bond acceptors (Lipinski definition) is 4. The summed E-state index contributed by atoms with van der Waals surface area (Å²) in [6.45, 7) is 7.94. The van der Waals surface area contributed by atoms with E-state index in [9.17, 15) is 5.26 Å². The summed E-state index contributed by atoms with van der Waals surface area (Å²) in [6, 6.07) is 38.7. The van der Waals surface area contributed by atoms with E-state index in [4.69, 9.17) is 0 Å². The smallest absolute Gasteiger partial charge is 0.163 e. The SMILES string of the molecule is Cc1ccc(-c2ccc3c4ccc(-c5ccc(C)cc5)cc4n(-c4cc(-c5nc(C)nc(C)n5)ccc4C#N)c3c2)cc1. The molecule has 0 bridgehead atoms. The number of aromatic nitrogens is 4. The van der Waals surface area contributed by atoms with E-state index in [0.717, 1.165) is 55.3 Å². The molecule has 5 heteroatoms. The van der Waals surface area contributed by atoms with Crippen molar-refractivity contribution in [2.45, 2.75) is 27.7 Å². The lowest BCUT2D eigenvalue weighted by Crippen LogP contribution is -2.02. The van der Waals surface area contributed by atoms with Crippen LogP contribution in [-0.2, 0) is 0 Å². The highest BCUT2D eigenvalue weighted by Gasteiger charge is 2.18. The molecule has 43 heavy (non-hydrogen) atoms. The zero-order chi connectivity index (χ0) is 29.7. The molecule has 0 saturated carbocycles. The number of aryl methyl sites for hydroxylation is 4. The molecule has 0 unspecified atom stereocenters. The molecule has 0 aliphatic rings. The number of benzene rings is 5. The first-order valence-corrected chi connectivity index (χ1v) is 14.3. The molecule has 0 spiro atoms. The molecule has 0 saturated heterocycles. The highest BCUT2D eigenvalue weighted by atomic mass is 15.0. The summed E-state index contributed by atoms with van der Waals surface area (Å²) < 4.78 is 2.23. The number of hydrogen-bond donors (Lipinski definition) is 0. The molecule has 5 aromatic carbocycles. The summed E-state index contributed by atoms with van der Waals surface area (Å²) in [5, 5.41) is 12.6. The summed E-state index contributed by atoms with van der Waals surface area (Å²) >= 11 is 0. The van der Waals surface area contributed by atoms with E-state index in [1.165, 1.54) is 11.1 Å². The summed E-state index contributed by atoms with van der Waals surface area (Å²) in [5.41, 5.74) is 11.2. The Balaban J connectivity index is 1.54. The Morgan fingerprint density at radius 1 is 0.512 bits per heavy atom. The fourth-order valence-corrected chi connectivity index (χ4v) is 5.82. The first-order chi connectivity index (χ1) is 20.9. The van der Waals surface area contributed by atoms with Crippen LogP contribution in [0, 0.1) is 39.0 Å². The van der Waals surface area contributed by atoms with Crippen molar-refractivity contribution < 1.29 is 0 Å². The van der Waals surface area contributed by atoms with Gasteiger partial charge in [0.25, 0.3) is 0 Å². The molecule has 5 nitrogen and oxygen atoms in total. The predicted molar refractivity (Wildman–Crippen MR) is 174 cm³/mol. The third-order valence-corrected chi connectivity index (χ3v) is 8.01. The Labute approximate surface area is 250 Å². The van der Waals surface area contributed by atoms with Gasteiger partial charge in [0.1, 0.15) is 17.7 Å². The third kappa shape index (κ3) is 4.73. The minimum atomic E-state index is 0.575. The van der Waals surface area contributed by atoms with Crippen LogP contribution in [0.15, 0.2) is 103 Å². The number of rotatable bonds is 4. The van der Waals surface area contributed by atoms with Crippen LogP contribution >= 0.6 is 0 Å². The molecule has 206 valence electrons. The van der Waals surface area contributed by atoms with Crippen LogP contribution in [0.1, 0.15) is 28.3 Å². The maximum Gasteiger partial charge on any atom is 0.163 e. The van der Waals surface area contributed by atoms with Gasteiger partial charge in [-0.3, -0.25) is 0 Å². The molecule has 0 atom stereocenters. The normalized spacial score (nSPS) is 11.2. The first-order valence-electron chi connectivity index (χ1n) is 14.3. The highest BCUT2D eigenvalue weighted by molar-refractivity contribution is 6.11. The monoisotopic (exact) mass is 555 g/mol. The van der Waals surface area contributed by atoms with Crippen LogP contribution in [0.5, 0.6) is 0 Å². The van der Waals surface area contributed by atoms with E-state index in [0.29, 0.717) is 23.0 Å². The molecule has 0 radical (unpaired) electrons. The van der Waals surface area contributed by atoms with Crippen molar-refractivity contribution >= 4 is 21.8 Å². The van der Waals surface area contributed by atoms with Gasteiger partial charge in [-0.15, -0.1) is 0 Å². The Bertz CT molecular complexity index is 2090. The lowest BCUT2D eigenvalue weighted by atomic mass is 10.0. The van der Waals surface area contributed by atoms with Gasteiger partial charge in [0.15, 0.2) is 5.82 Å². The van der Waals surface area contributed by atoms with Crippen molar-refractivity contribution in [3.8, 4) is 45.4 Å². The second-order valence-corrected chi connectivity index (χ2v) is 11.1. The second kappa shape index (κ2) is 10.3. The van der Waals surface area contributed by atoms with Gasteiger partial charge in [-0.25, -0.2) is 15.0 Å². The minimum absolute atomic E-state index is 0.575. The quantitative estimate of drug-likeness (QED) is 0.217. The molecule has 2 aromatic heterocycles. The molecule has 0 fully saturated rings. The molecular weight excluding hydrogens is 526 g/mol. The van der Waals surface area contributed by atoms with Gasteiger partial charge in [0.2, 0.25) is 0 Å². The largest absolute Gasteiger partial charge is 0.308 e. The molecule has 0 amide bonds. The van der Waals surface area contributed by atoms with Gasteiger partial charge in [-0.2, -0.15) is 5.26 Å². The molecule has 0 aliphatic carbocycles. The van der Waals surface area contributed by atoms with Crippen LogP contribution < -0.4 is 0 Å². The molecule has 7 rings (SSSR count). The van der Waals surface area contributed by atoms with Gasteiger partial charge in [-0.05, 0) is 80.3 Å². The average molecular weight is 556 g/mol. The van der Waals surface area contributed by atoms with Crippen LogP contribution in [0.2, 0.25) is 0 Å². The Morgan fingerprint density at radius 3 is 1.47 bits per heavy atom. The van der Waals surface area contributed by atoms with Gasteiger partial charge in [-0.1, -0.05) is 83.9 Å². The van der Waals surface area contributed by atoms with E-state index in [-0.39, 0.29) is 0 Å². The topological polar surface area (TPSA) is 67.4 Å². The van der Waals surface area contributed by atoms with Crippen LogP contribution in [0.25, 0.3) is 61.1 Å². The van der Waals surface area contributed by atoms with Crippen LogP contribution in [-0.4, -0.2) is 19.5 Å². The van der Waals surface area contributed by atoms with Gasteiger partial charge in [0.05, 0.1) is 22.3 Å². The molecule has 0 N–H and O–H groups in total. The van der Waals surface area contributed by atoms with Crippen molar-refractivity contribution in [2.24, 2.45) is 0 Å². The van der Waals surface area contributed by atoms with E-state index in [1.807, 2.05) is 32.0 Å². The Morgan fingerprint density at radius 2 is 0.977 bits per heavy atom. The highest BCUT2D eigenvalue weighted by Crippen LogP contribution is 2.38. The molecule has 2 heterocycles. The zero-order valence-electron chi connectivity index (χ0n) is 24.6. The lowest BCUT2D eigenvalue weighted by molar-refractivity contribution is 0.928. The Kier molecular flexibility index (Phi) is 6.33. The summed E-state index contributed by atoms with van der Waals surface area (Å²) in [4.78, 5) is 13.6. The predicted octanol–water partition coefficient (Wildman–Crippen LogP) is 9.08. The fourth-order valence-electron chi connectivity index (χ4n) is 5.82. The van der Waals surface area contributed by atoms with E-state index < -0.39 is 0 Å². The zero-order valence-corrected chi connectivity index (χ0v) is 24.6. The summed E-state index contributed by atoms with van der Waals surface area (Å²) in [7, 11) is 0. The van der Waals surface area contributed by atoms with Crippen molar-refractivity contribution in [3.63, 3.8) is 0 Å². The van der Waals surface area contributed by atoms with Crippen molar-refractivity contribution in [1.82, 2.24) is 19.5 Å². The summed E-state index contributed by atoms with van der Waals surface area (Å²) in [6.07, 6.45) is 0. The van der Waals surface area contributed by atoms with Gasteiger partial charge >= 0.3 is 0 Å². The van der Waals surface area contributed by atoms with Gasteiger partial charge in [0, 0.05) is 16.3 Å². The standard InChI is InChI=1S/C38H29N5/c1-23-5-9-27(10-6-23)29-15-17-33-34-18-16-30(28-11-7-24(2)8-12-28)20-37(34)43(36(33)19-29)35-21-31(13-14-32(35)22-39)38-41-25(3)40-26(4)42-38/h5-21H,1-4H3. The van der Waals surface area contributed by atoms with Crippen molar-refractivity contribution in [1.29, 1.82) is 5.26 Å². The van der Waals surface area contributed by atoms with E-state index in [1.54, 1.807) is 0 Å². The number of fused-ring (bicyclic) bond motifs is 3. The average Bonchev–Trinajstić information content (AvgIpc) is 3.33. The van der Waals surface area contributed by atoms with Crippen LogP contribution in [0.3, 0.4) is 0 Å². The fraction of sp³-hybridized carbons (Fsp3) is 0.105. The maximum absolute atomic E-state index is 10.3. The van der Waals surface area contributed by atoms with E-state index in [2.05, 4.69) is 124 Å². The van der Waals surface area contributed by atoms with Gasteiger partial charge < -0.3 is 4.57 Å². The van der Waals surface area contributed by atoms with Crippen molar-refractivity contribution in [2.75, 3.05) is 0 Å².